The van der Waals surface area contributed by atoms with Crippen LogP contribution in [0.15, 0.2) is 0 Å². The Hall–Kier alpha value is 0.0969. The molecule has 0 aliphatic heterocycles. The van der Waals surface area contributed by atoms with Crippen LogP contribution in [0.2, 0.25) is 5.54 Å². The first kappa shape index (κ1) is 14.2. The number of unbranched alkanes of at least 4 members (excludes halogenated alkanes) is 2. The maximum absolute atomic E-state index is 6.01. The van der Waals surface area contributed by atoms with E-state index in [2.05, 4.69) is 6.92 Å². The summed E-state index contributed by atoms with van der Waals surface area (Å²) in [4.78, 5) is 0. The second-order valence-corrected chi connectivity index (χ2v) is 7.68. The first-order chi connectivity index (χ1) is 7.79. The lowest BCUT2D eigenvalue weighted by atomic mass is 10.3. The number of hydrogen-bond donors (Lipinski definition) is 0. The number of hydrogen-bond acceptors (Lipinski definition) is 3. The van der Waals surface area contributed by atoms with Crippen LogP contribution in [0, 0.1) is 0 Å². The van der Waals surface area contributed by atoms with Gasteiger partial charge in [0.15, 0.2) is 0 Å². The minimum atomic E-state index is -2.36. The van der Waals surface area contributed by atoms with Gasteiger partial charge in [0.25, 0.3) is 0 Å². The molecule has 0 unspecified atom stereocenters. The van der Waals surface area contributed by atoms with Crippen molar-refractivity contribution in [2.24, 2.45) is 0 Å². The zero-order valence-corrected chi connectivity index (χ0v) is 12.0. The Morgan fingerprint density at radius 3 is 2.19 bits per heavy atom. The van der Waals surface area contributed by atoms with E-state index in [9.17, 15) is 0 Å². The van der Waals surface area contributed by atoms with Gasteiger partial charge in [0.1, 0.15) is 0 Å². The van der Waals surface area contributed by atoms with E-state index in [4.69, 9.17) is 13.3 Å². The van der Waals surface area contributed by atoms with Gasteiger partial charge < -0.3 is 13.3 Å². The lowest BCUT2D eigenvalue weighted by Gasteiger charge is -2.31. The summed E-state index contributed by atoms with van der Waals surface area (Å²) in [6, 6.07) is 0. The predicted octanol–water partition coefficient (Wildman–Crippen LogP) is 3.37. The summed E-state index contributed by atoms with van der Waals surface area (Å²) >= 11 is 0. The van der Waals surface area contributed by atoms with Crippen LogP contribution >= 0.6 is 0 Å². The molecule has 0 bridgehead atoms. The Morgan fingerprint density at radius 1 is 1.06 bits per heavy atom. The van der Waals surface area contributed by atoms with Crippen molar-refractivity contribution < 1.29 is 13.3 Å². The molecule has 0 aromatic heterocycles. The van der Waals surface area contributed by atoms with Crippen molar-refractivity contribution in [2.45, 2.75) is 57.4 Å². The third kappa shape index (κ3) is 3.55. The fourth-order valence-electron chi connectivity index (χ4n) is 2.50. The summed E-state index contributed by atoms with van der Waals surface area (Å²) < 4.78 is 17.3. The third-order valence-corrected chi connectivity index (χ3v) is 6.80. The standard InChI is InChI=1S/C12H26O3Si/c1-4-5-8-11-15-16(13-2,14-3)12-9-6-7-10-12/h12H,4-11H2,1-3H3. The van der Waals surface area contributed by atoms with E-state index in [0.717, 1.165) is 13.0 Å². The molecule has 0 aromatic carbocycles. The molecule has 1 aliphatic rings. The Bertz CT molecular complexity index is 177. The molecule has 1 saturated carbocycles. The summed E-state index contributed by atoms with van der Waals surface area (Å²) in [6.45, 7) is 2.99. The molecule has 0 saturated heterocycles. The molecule has 0 spiro atoms. The topological polar surface area (TPSA) is 27.7 Å². The van der Waals surface area contributed by atoms with E-state index in [1.165, 1.54) is 38.5 Å². The molecular formula is C12H26O3Si. The van der Waals surface area contributed by atoms with Crippen LogP contribution < -0.4 is 0 Å². The van der Waals surface area contributed by atoms with Gasteiger partial charge in [-0.05, 0) is 19.3 Å². The van der Waals surface area contributed by atoms with Crippen molar-refractivity contribution in [3.05, 3.63) is 0 Å². The lowest BCUT2D eigenvalue weighted by molar-refractivity contribution is 0.0857. The highest BCUT2D eigenvalue weighted by Gasteiger charge is 2.48. The highest BCUT2D eigenvalue weighted by Crippen LogP contribution is 2.39. The normalized spacial score (nSPS) is 18.2. The Labute approximate surface area is 101 Å². The minimum Gasteiger partial charge on any atom is -0.377 e. The van der Waals surface area contributed by atoms with Gasteiger partial charge in [-0.1, -0.05) is 32.6 Å². The van der Waals surface area contributed by atoms with Gasteiger partial charge in [-0.15, -0.1) is 0 Å². The van der Waals surface area contributed by atoms with Gasteiger partial charge in [0.05, 0.1) is 0 Å². The quantitative estimate of drug-likeness (QED) is 0.485. The summed E-state index contributed by atoms with van der Waals surface area (Å²) in [5, 5.41) is 0. The molecule has 3 nitrogen and oxygen atoms in total. The second-order valence-electron chi connectivity index (χ2n) is 4.55. The van der Waals surface area contributed by atoms with Crippen LogP contribution in [-0.2, 0) is 13.3 Å². The van der Waals surface area contributed by atoms with Crippen LogP contribution in [0.4, 0.5) is 0 Å². The average molecular weight is 246 g/mol. The van der Waals surface area contributed by atoms with Crippen molar-refractivity contribution >= 4 is 8.80 Å². The first-order valence-corrected chi connectivity index (χ1v) is 8.33. The van der Waals surface area contributed by atoms with E-state index in [0.29, 0.717) is 5.54 Å². The van der Waals surface area contributed by atoms with Gasteiger partial charge in [0.2, 0.25) is 0 Å². The van der Waals surface area contributed by atoms with Gasteiger partial charge in [-0.2, -0.15) is 0 Å². The molecule has 0 radical (unpaired) electrons. The molecule has 1 aliphatic carbocycles. The minimum absolute atomic E-state index is 0.532. The van der Waals surface area contributed by atoms with E-state index in [-0.39, 0.29) is 0 Å². The molecule has 96 valence electrons. The first-order valence-electron chi connectivity index (χ1n) is 6.53. The maximum atomic E-state index is 6.01. The number of rotatable bonds is 8. The molecule has 16 heavy (non-hydrogen) atoms. The second kappa shape index (κ2) is 7.43. The predicted molar refractivity (Wildman–Crippen MR) is 67.5 cm³/mol. The van der Waals surface area contributed by atoms with Gasteiger partial charge in [0, 0.05) is 26.4 Å². The molecule has 0 heterocycles. The van der Waals surface area contributed by atoms with Gasteiger partial charge >= 0.3 is 8.80 Å². The summed E-state index contributed by atoms with van der Waals surface area (Å²) in [5.74, 6) is 0. The maximum Gasteiger partial charge on any atom is 0.503 e. The average Bonchev–Trinajstić information content (AvgIpc) is 2.84. The molecule has 1 fully saturated rings. The van der Waals surface area contributed by atoms with Crippen molar-refractivity contribution in [2.75, 3.05) is 20.8 Å². The fourth-order valence-corrected chi connectivity index (χ4v) is 5.35. The summed E-state index contributed by atoms with van der Waals surface area (Å²) in [5.41, 5.74) is 0.532. The van der Waals surface area contributed by atoms with E-state index in [1.54, 1.807) is 14.2 Å². The van der Waals surface area contributed by atoms with E-state index in [1.807, 2.05) is 0 Å². The Morgan fingerprint density at radius 2 is 1.69 bits per heavy atom. The van der Waals surface area contributed by atoms with E-state index < -0.39 is 8.80 Å². The van der Waals surface area contributed by atoms with Gasteiger partial charge in [-0.25, -0.2) is 0 Å². The summed E-state index contributed by atoms with van der Waals surface area (Å²) in [6.07, 6.45) is 8.58. The molecule has 0 atom stereocenters. The van der Waals surface area contributed by atoms with Crippen LogP contribution in [-0.4, -0.2) is 29.6 Å². The molecule has 0 amide bonds. The lowest BCUT2D eigenvalue weighted by Crippen LogP contribution is -2.48. The SMILES string of the molecule is CCCCCO[Si](OC)(OC)C1CCCC1. The van der Waals surface area contributed by atoms with Gasteiger partial charge in [-0.3, -0.25) is 0 Å². The zero-order chi connectivity index (χ0) is 11.9. The smallest absolute Gasteiger partial charge is 0.377 e. The largest absolute Gasteiger partial charge is 0.503 e. The van der Waals surface area contributed by atoms with E-state index >= 15 is 0 Å². The zero-order valence-electron chi connectivity index (χ0n) is 11.0. The van der Waals surface area contributed by atoms with Crippen LogP contribution in [0.1, 0.15) is 51.9 Å². The fraction of sp³-hybridized carbons (Fsp3) is 1.00. The van der Waals surface area contributed by atoms with Crippen LogP contribution in [0.5, 0.6) is 0 Å². The summed E-state index contributed by atoms with van der Waals surface area (Å²) in [7, 11) is 1.13. The van der Waals surface area contributed by atoms with Crippen molar-refractivity contribution in [1.29, 1.82) is 0 Å². The Kier molecular flexibility index (Phi) is 6.57. The third-order valence-electron chi connectivity index (χ3n) is 3.48. The van der Waals surface area contributed by atoms with Crippen molar-refractivity contribution in [3.63, 3.8) is 0 Å². The molecule has 0 aromatic rings. The Balaban J connectivity index is 2.43. The molecule has 0 N–H and O–H groups in total. The van der Waals surface area contributed by atoms with Crippen LogP contribution in [0.3, 0.4) is 0 Å². The highest BCUT2D eigenvalue weighted by molar-refractivity contribution is 6.62. The highest BCUT2D eigenvalue weighted by atomic mass is 28.4. The van der Waals surface area contributed by atoms with Crippen molar-refractivity contribution in [3.8, 4) is 0 Å². The molecule has 4 heteroatoms. The van der Waals surface area contributed by atoms with Crippen molar-refractivity contribution in [1.82, 2.24) is 0 Å². The molecular weight excluding hydrogens is 220 g/mol. The molecule has 1 rings (SSSR count). The monoisotopic (exact) mass is 246 g/mol. The van der Waals surface area contributed by atoms with Crippen LogP contribution in [0.25, 0.3) is 0 Å².